The first kappa shape index (κ1) is 23.8. The van der Waals surface area contributed by atoms with E-state index in [4.69, 9.17) is 0 Å². The van der Waals surface area contributed by atoms with E-state index >= 15 is 0 Å². The van der Waals surface area contributed by atoms with Gasteiger partial charge in [0.05, 0.1) is 3.74 Å². The zero-order chi connectivity index (χ0) is 21.7. The fourth-order valence-corrected chi connectivity index (χ4v) is 9.80. The van der Waals surface area contributed by atoms with Crippen LogP contribution in [0.1, 0.15) is 105 Å². The van der Waals surface area contributed by atoms with Gasteiger partial charge in [0.2, 0.25) is 0 Å². The molecule has 4 rings (SSSR count). The maximum Gasteiger partial charge on any atom is 0.137 e. The van der Waals surface area contributed by atoms with Crippen LogP contribution in [0.2, 0.25) is 0 Å². The van der Waals surface area contributed by atoms with Crippen molar-refractivity contribution in [3.63, 3.8) is 0 Å². The van der Waals surface area contributed by atoms with Gasteiger partial charge in [0.1, 0.15) is 5.78 Å². The Bertz CT molecular complexity index is 632. The van der Waals surface area contributed by atoms with Crippen LogP contribution >= 0.6 is 31.9 Å². The average molecular weight is 544 g/mol. The lowest BCUT2D eigenvalue weighted by atomic mass is 9.44. The number of carbonyl (C=O) groups is 1. The Balaban J connectivity index is 1.43. The molecule has 4 fully saturated rings. The van der Waals surface area contributed by atoms with Crippen LogP contribution in [0.25, 0.3) is 0 Å². The van der Waals surface area contributed by atoms with Crippen LogP contribution in [0.15, 0.2) is 0 Å². The van der Waals surface area contributed by atoms with Gasteiger partial charge in [-0.15, -0.1) is 0 Å². The molecule has 4 saturated carbocycles. The third kappa shape index (κ3) is 4.03. The van der Waals surface area contributed by atoms with Gasteiger partial charge in [-0.2, -0.15) is 0 Å². The number of Topliss-reactive ketones (excluding diaryl/α,β-unsaturated/α-hetero) is 1. The molecule has 30 heavy (non-hydrogen) atoms. The van der Waals surface area contributed by atoms with Gasteiger partial charge in [0.25, 0.3) is 0 Å². The fourth-order valence-electron chi connectivity index (χ4n) is 9.21. The standard InChI is InChI=1S/C27H44Br2O/c1-17(8-13-24(30)18(2)25(28)29)21-11-12-22-20-10-9-19-7-5-6-15-26(19,3)23(20)14-16-27(21,22)4/h17-23,25H,5-16H2,1-4H3/t17-,18?,19?,20+,21-,22+,23+,26+,27-/m1/s1. The van der Waals surface area contributed by atoms with E-state index in [1.54, 1.807) is 0 Å². The highest BCUT2D eigenvalue weighted by Crippen LogP contribution is 2.68. The van der Waals surface area contributed by atoms with Crippen molar-refractivity contribution in [2.75, 3.05) is 0 Å². The Morgan fingerprint density at radius 3 is 2.37 bits per heavy atom. The number of carbonyl (C=O) groups excluding carboxylic acids is 1. The van der Waals surface area contributed by atoms with Crippen LogP contribution < -0.4 is 0 Å². The molecule has 1 nitrogen and oxygen atoms in total. The van der Waals surface area contributed by atoms with Gasteiger partial charge in [0, 0.05) is 12.3 Å². The summed E-state index contributed by atoms with van der Waals surface area (Å²) >= 11 is 7.05. The molecule has 172 valence electrons. The van der Waals surface area contributed by atoms with Crippen LogP contribution in [0.4, 0.5) is 0 Å². The highest BCUT2D eigenvalue weighted by Gasteiger charge is 2.60. The number of halogens is 2. The van der Waals surface area contributed by atoms with Gasteiger partial charge in [-0.05, 0) is 104 Å². The predicted molar refractivity (Wildman–Crippen MR) is 134 cm³/mol. The molecular weight excluding hydrogens is 500 g/mol. The van der Waals surface area contributed by atoms with Gasteiger partial charge < -0.3 is 0 Å². The van der Waals surface area contributed by atoms with Crippen LogP contribution in [-0.4, -0.2) is 9.52 Å². The first-order valence-corrected chi connectivity index (χ1v) is 14.8. The minimum atomic E-state index is 0.0611. The minimum absolute atomic E-state index is 0.0611. The van der Waals surface area contributed by atoms with Crippen molar-refractivity contribution in [1.29, 1.82) is 0 Å². The second-order valence-corrected chi connectivity index (χ2v) is 15.4. The van der Waals surface area contributed by atoms with Gasteiger partial charge in [-0.1, -0.05) is 72.4 Å². The molecular formula is C27H44Br2O. The molecule has 0 spiro atoms. The molecule has 2 unspecified atom stereocenters. The van der Waals surface area contributed by atoms with Crippen molar-refractivity contribution in [2.24, 2.45) is 52.3 Å². The van der Waals surface area contributed by atoms with Crippen LogP contribution in [0.3, 0.4) is 0 Å². The van der Waals surface area contributed by atoms with E-state index in [0.29, 0.717) is 22.5 Å². The number of alkyl halides is 2. The molecule has 3 heteroatoms. The summed E-state index contributed by atoms with van der Waals surface area (Å²) in [4.78, 5) is 12.6. The molecule has 0 N–H and O–H groups in total. The van der Waals surface area contributed by atoms with Crippen molar-refractivity contribution < 1.29 is 4.79 Å². The lowest BCUT2D eigenvalue weighted by molar-refractivity contribution is -0.123. The summed E-state index contributed by atoms with van der Waals surface area (Å²) in [6.07, 6.45) is 16.6. The summed E-state index contributed by atoms with van der Waals surface area (Å²) in [5.41, 5.74) is 1.18. The molecule has 0 saturated heterocycles. The second-order valence-electron chi connectivity index (χ2n) is 12.2. The predicted octanol–water partition coefficient (Wildman–Crippen LogP) is 8.77. The Kier molecular flexibility index (Phi) is 7.22. The topological polar surface area (TPSA) is 17.1 Å². The smallest absolute Gasteiger partial charge is 0.137 e. The van der Waals surface area contributed by atoms with E-state index in [-0.39, 0.29) is 9.65 Å². The van der Waals surface area contributed by atoms with E-state index < -0.39 is 0 Å². The zero-order valence-electron chi connectivity index (χ0n) is 19.8. The summed E-state index contributed by atoms with van der Waals surface area (Å²) in [7, 11) is 0. The van der Waals surface area contributed by atoms with Crippen LogP contribution in [0, 0.1) is 52.3 Å². The summed E-state index contributed by atoms with van der Waals surface area (Å²) in [5.74, 6) is 5.94. The Hall–Kier alpha value is 0.630. The van der Waals surface area contributed by atoms with Crippen molar-refractivity contribution >= 4 is 37.6 Å². The van der Waals surface area contributed by atoms with Crippen molar-refractivity contribution in [3.05, 3.63) is 0 Å². The highest BCUT2D eigenvalue weighted by atomic mass is 79.9. The van der Waals surface area contributed by atoms with E-state index in [2.05, 4.69) is 52.6 Å². The molecule has 9 atom stereocenters. The Labute approximate surface area is 202 Å². The third-order valence-electron chi connectivity index (χ3n) is 11.1. The molecule has 0 heterocycles. The molecule has 4 aliphatic carbocycles. The maximum absolute atomic E-state index is 12.6. The van der Waals surface area contributed by atoms with Gasteiger partial charge in [-0.3, -0.25) is 4.79 Å². The third-order valence-corrected chi connectivity index (χ3v) is 12.7. The summed E-state index contributed by atoms with van der Waals surface area (Å²) in [6.45, 7) is 9.85. The summed E-state index contributed by atoms with van der Waals surface area (Å²) < 4.78 is 0.104. The summed E-state index contributed by atoms with van der Waals surface area (Å²) in [6, 6.07) is 0. The molecule has 0 aromatic rings. The number of hydrogen-bond donors (Lipinski definition) is 0. The van der Waals surface area contributed by atoms with E-state index in [0.717, 1.165) is 42.4 Å². The highest BCUT2D eigenvalue weighted by molar-refractivity contribution is 9.24. The van der Waals surface area contributed by atoms with Crippen LogP contribution in [-0.2, 0) is 4.79 Å². The zero-order valence-corrected chi connectivity index (χ0v) is 22.9. The first-order chi connectivity index (χ1) is 14.2. The molecule has 4 aliphatic rings. The lowest BCUT2D eigenvalue weighted by Gasteiger charge is -2.61. The number of rotatable bonds is 6. The van der Waals surface area contributed by atoms with Gasteiger partial charge in [-0.25, -0.2) is 0 Å². The van der Waals surface area contributed by atoms with Gasteiger partial charge in [0.15, 0.2) is 0 Å². The Morgan fingerprint density at radius 2 is 1.63 bits per heavy atom. The normalized spacial score (nSPS) is 45.4. The summed E-state index contributed by atoms with van der Waals surface area (Å²) in [5, 5.41) is 0. The first-order valence-electron chi connectivity index (χ1n) is 13.0. The van der Waals surface area contributed by atoms with Gasteiger partial charge >= 0.3 is 0 Å². The largest absolute Gasteiger partial charge is 0.299 e. The quantitative estimate of drug-likeness (QED) is 0.306. The average Bonchev–Trinajstić information content (AvgIpc) is 3.07. The van der Waals surface area contributed by atoms with E-state index in [1.165, 1.54) is 64.2 Å². The molecule has 0 bridgehead atoms. The monoisotopic (exact) mass is 542 g/mol. The maximum atomic E-state index is 12.6. The molecule has 0 aliphatic heterocycles. The number of fused-ring (bicyclic) bond motifs is 5. The Morgan fingerprint density at radius 1 is 0.900 bits per heavy atom. The van der Waals surface area contributed by atoms with Crippen LogP contribution in [0.5, 0.6) is 0 Å². The number of hydrogen-bond acceptors (Lipinski definition) is 1. The fraction of sp³-hybridized carbons (Fsp3) is 0.963. The van der Waals surface area contributed by atoms with Crippen molar-refractivity contribution in [1.82, 2.24) is 0 Å². The lowest BCUT2D eigenvalue weighted by Crippen LogP contribution is -2.53. The van der Waals surface area contributed by atoms with Crippen molar-refractivity contribution in [3.8, 4) is 0 Å². The second kappa shape index (κ2) is 9.11. The minimum Gasteiger partial charge on any atom is -0.299 e. The van der Waals surface area contributed by atoms with Crippen molar-refractivity contribution in [2.45, 2.75) is 108 Å². The molecule has 0 aromatic carbocycles. The molecule has 0 amide bonds. The van der Waals surface area contributed by atoms with E-state index in [1.807, 2.05) is 6.92 Å². The SMILES string of the molecule is CC(C(=O)CC[C@@H](C)[C@H]1CC[C@H]2[C@@H]3CCC4CCCC[C@]4(C)[C@H]3CC[C@]12C)C(Br)Br. The van der Waals surface area contributed by atoms with E-state index in [9.17, 15) is 4.79 Å². The molecule has 0 aromatic heterocycles. The molecule has 0 radical (unpaired) electrons. The number of ketones is 1.